The summed E-state index contributed by atoms with van der Waals surface area (Å²) in [5.74, 6) is 1.34. The SMILES string of the molecule is Cc1ccc2cc(C(c3nnnn3CC3CCCO3)N(Cc3ccc(Cl)cc3)Cc3ccco3)c(=O)[nH]c2c1. The van der Waals surface area contributed by atoms with Gasteiger partial charge >= 0.3 is 0 Å². The molecule has 2 unspecified atom stereocenters. The van der Waals surface area contributed by atoms with Crippen LogP contribution < -0.4 is 5.56 Å². The minimum atomic E-state index is -0.573. The van der Waals surface area contributed by atoms with Crippen LogP contribution in [0.15, 0.2) is 76.1 Å². The van der Waals surface area contributed by atoms with Gasteiger partial charge in [-0.2, -0.15) is 0 Å². The second-order valence-corrected chi connectivity index (χ2v) is 10.4. The third-order valence-electron chi connectivity index (χ3n) is 7.13. The molecule has 1 N–H and O–H groups in total. The molecule has 1 saturated heterocycles. The van der Waals surface area contributed by atoms with Gasteiger partial charge in [-0.3, -0.25) is 9.69 Å². The van der Waals surface area contributed by atoms with Crippen LogP contribution in [0.3, 0.4) is 0 Å². The van der Waals surface area contributed by atoms with Crippen molar-refractivity contribution in [1.29, 1.82) is 0 Å². The summed E-state index contributed by atoms with van der Waals surface area (Å²) in [4.78, 5) is 19.0. The van der Waals surface area contributed by atoms with Crippen LogP contribution in [0.5, 0.6) is 0 Å². The zero-order valence-electron chi connectivity index (χ0n) is 21.6. The highest BCUT2D eigenvalue weighted by Crippen LogP contribution is 2.31. The first-order valence-corrected chi connectivity index (χ1v) is 13.4. The number of hydrogen-bond donors (Lipinski definition) is 1. The molecular weight excluding hydrogens is 516 g/mol. The van der Waals surface area contributed by atoms with Crippen LogP contribution in [-0.2, 0) is 24.4 Å². The normalized spacial score (nSPS) is 16.3. The Labute approximate surface area is 230 Å². The van der Waals surface area contributed by atoms with Gasteiger partial charge in [0, 0.05) is 29.3 Å². The van der Waals surface area contributed by atoms with Crippen LogP contribution in [0.1, 0.15) is 47.2 Å². The predicted octanol–water partition coefficient (Wildman–Crippen LogP) is 5.04. The summed E-state index contributed by atoms with van der Waals surface area (Å²) in [6.45, 7) is 4.18. The zero-order chi connectivity index (χ0) is 26.8. The maximum Gasteiger partial charge on any atom is 0.253 e. The summed E-state index contributed by atoms with van der Waals surface area (Å²) < 4.78 is 13.4. The quantitative estimate of drug-likeness (QED) is 0.277. The molecule has 0 radical (unpaired) electrons. The van der Waals surface area contributed by atoms with Crippen LogP contribution in [0, 0.1) is 6.92 Å². The number of nitrogens with zero attached hydrogens (tertiary/aromatic N) is 5. The molecule has 2 aromatic carbocycles. The van der Waals surface area contributed by atoms with E-state index in [0.717, 1.165) is 47.2 Å². The van der Waals surface area contributed by atoms with E-state index in [1.54, 1.807) is 10.9 Å². The van der Waals surface area contributed by atoms with Gasteiger partial charge in [0.25, 0.3) is 5.56 Å². The number of fused-ring (bicyclic) bond motifs is 1. The maximum absolute atomic E-state index is 13.7. The van der Waals surface area contributed by atoms with E-state index in [9.17, 15) is 4.79 Å². The highest BCUT2D eigenvalue weighted by Gasteiger charge is 2.32. The van der Waals surface area contributed by atoms with Gasteiger partial charge in [0.2, 0.25) is 0 Å². The number of aromatic nitrogens is 5. The molecule has 10 heteroatoms. The van der Waals surface area contributed by atoms with Crippen molar-refractivity contribution in [2.24, 2.45) is 0 Å². The first kappa shape index (κ1) is 25.5. The van der Waals surface area contributed by atoms with Crippen molar-refractivity contribution < 1.29 is 9.15 Å². The summed E-state index contributed by atoms with van der Waals surface area (Å²) in [5.41, 5.74) is 3.25. The summed E-state index contributed by atoms with van der Waals surface area (Å²) in [7, 11) is 0. The number of ether oxygens (including phenoxy) is 1. The van der Waals surface area contributed by atoms with Gasteiger partial charge in [-0.05, 0) is 83.1 Å². The van der Waals surface area contributed by atoms with Crippen LogP contribution >= 0.6 is 11.6 Å². The van der Waals surface area contributed by atoms with Crippen LogP contribution in [0.4, 0.5) is 0 Å². The average Bonchev–Trinajstić information content (AvgIpc) is 3.71. The Balaban J connectivity index is 1.49. The predicted molar refractivity (Wildman–Crippen MR) is 147 cm³/mol. The number of nitrogens with one attached hydrogen (secondary N) is 1. The lowest BCUT2D eigenvalue weighted by atomic mass is 10.0. The minimum Gasteiger partial charge on any atom is -0.468 e. The molecular formula is C29H29ClN6O3. The second kappa shape index (κ2) is 11.1. The van der Waals surface area contributed by atoms with Crippen molar-refractivity contribution in [2.45, 2.75) is 51.5 Å². The van der Waals surface area contributed by atoms with E-state index in [1.807, 2.05) is 67.6 Å². The van der Waals surface area contributed by atoms with E-state index < -0.39 is 6.04 Å². The summed E-state index contributed by atoms with van der Waals surface area (Å²) in [6, 6.07) is 18.9. The Morgan fingerprint density at radius 3 is 2.79 bits per heavy atom. The highest BCUT2D eigenvalue weighted by atomic mass is 35.5. The molecule has 9 nitrogen and oxygen atoms in total. The lowest BCUT2D eigenvalue weighted by Gasteiger charge is -2.30. The summed E-state index contributed by atoms with van der Waals surface area (Å²) in [6.07, 6.45) is 3.63. The van der Waals surface area contributed by atoms with E-state index in [2.05, 4.69) is 25.4 Å². The summed E-state index contributed by atoms with van der Waals surface area (Å²) >= 11 is 6.18. The fourth-order valence-electron chi connectivity index (χ4n) is 5.22. The third kappa shape index (κ3) is 5.66. The number of benzene rings is 2. The molecule has 5 aromatic rings. The van der Waals surface area contributed by atoms with Gasteiger partial charge in [-0.25, -0.2) is 4.68 Å². The van der Waals surface area contributed by atoms with E-state index in [-0.39, 0.29) is 11.7 Å². The first-order valence-electron chi connectivity index (χ1n) is 13.1. The summed E-state index contributed by atoms with van der Waals surface area (Å²) in [5, 5.41) is 14.4. The number of aryl methyl sites for hydroxylation is 1. The molecule has 0 amide bonds. The molecule has 1 aliphatic rings. The Kier molecular flexibility index (Phi) is 7.28. The molecule has 1 fully saturated rings. The molecule has 39 heavy (non-hydrogen) atoms. The van der Waals surface area contributed by atoms with Crippen molar-refractivity contribution in [3.8, 4) is 0 Å². The Hall–Kier alpha value is -3.79. The van der Waals surface area contributed by atoms with Crippen molar-refractivity contribution in [3.05, 3.63) is 111 Å². The van der Waals surface area contributed by atoms with Gasteiger partial charge in [0.1, 0.15) is 11.8 Å². The van der Waals surface area contributed by atoms with Crippen LogP contribution in [-0.4, -0.2) is 42.8 Å². The second-order valence-electron chi connectivity index (χ2n) is 10.0. The van der Waals surface area contributed by atoms with E-state index in [1.165, 1.54) is 0 Å². The highest BCUT2D eigenvalue weighted by molar-refractivity contribution is 6.30. The fraction of sp³-hybridized carbons (Fsp3) is 0.310. The van der Waals surface area contributed by atoms with Crippen LogP contribution in [0.2, 0.25) is 5.02 Å². The monoisotopic (exact) mass is 544 g/mol. The number of pyridine rings is 1. The zero-order valence-corrected chi connectivity index (χ0v) is 22.3. The first-order chi connectivity index (χ1) is 19.0. The molecule has 6 rings (SSSR count). The standard InChI is InChI=1S/C29H29ClN6O3/c1-19-6-9-21-15-25(29(37)31-26(21)14-19)27(28-32-33-34-36(28)18-24-5-3-13-39-24)35(17-23-4-2-12-38-23)16-20-7-10-22(30)11-8-20/h2,4,6-12,14-15,24,27H,3,5,13,16-18H2,1H3,(H,31,37). The van der Waals surface area contributed by atoms with Gasteiger partial charge < -0.3 is 14.1 Å². The lowest BCUT2D eigenvalue weighted by molar-refractivity contribution is 0.0901. The van der Waals surface area contributed by atoms with Crippen LogP contribution in [0.25, 0.3) is 10.9 Å². The van der Waals surface area contributed by atoms with Crippen molar-refractivity contribution in [2.75, 3.05) is 6.61 Å². The molecule has 0 saturated carbocycles. The molecule has 3 aromatic heterocycles. The average molecular weight is 545 g/mol. The number of furan rings is 1. The Morgan fingerprint density at radius 2 is 2.03 bits per heavy atom. The molecule has 0 aliphatic carbocycles. The smallest absolute Gasteiger partial charge is 0.253 e. The van der Waals surface area contributed by atoms with Crippen molar-refractivity contribution >= 4 is 22.5 Å². The molecule has 1 aliphatic heterocycles. The molecule has 0 spiro atoms. The van der Waals surface area contributed by atoms with Gasteiger partial charge in [-0.15, -0.1) is 5.10 Å². The Morgan fingerprint density at radius 1 is 1.15 bits per heavy atom. The number of tetrazole rings is 1. The Bertz CT molecular complexity index is 1610. The molecule has 0 bridgehead atoms. The van der Waals surface area contributed by atoms with E-state index in [4.69, 9.17) is 20.8 Å². The fourth-order valence-corrected chi connectivity index (χ4v) is 5.34. The minimum absolute atomic E-state index is 0.0283. The van der Waals surface area contributed by atoms with Gasteiger partial charge in [-0.1, -0.05) is 35.9 Å². The van der Waals surface area contributed by atoms with Crippen molar-refractivity contribution in [1.82, 2.24) is 30.1 Å². The number of aromatic amines is 1. The number of halogens is 1. The number of H-pyrrole nitrogens is 1. The maximum atomic E-state index is 13.7. The lowest BCUT2D eigenvalue weighted by Crippen LogP contribution is -2.35. The molecule has 4 heterocycles. The van der Waals surface area contributed by atoms with E-state index in [0.29, 0.717) is 36.0 Å². The van der Waals surface area contributed by atoms with Crippen molar-refractivity contribution in [3.63, 3.8) is 0 Å². The number of rotatable bonds is 9. The topological polar surface area (TPSA) is 102 Å². The molecule has 200 valence electrons. The number of hydrogen-bond acceptors (Lipinski definition) is 7. The van der Waals surface area contributed by atoms with Gasteiger partial charge in [0.15, 0.2) is 5.82 Å². The largest absolute Gasteiger partial charge is 0.468 e. The van der Waals surface area contributed by atoms with Gasteiger partial charge in [0.05, 0.1) is 25.5 Å². The third-order valence-corrected chi connectivity index (χ3v) is 7.38. The van der Waals surface area contributed by atoms with E-state index >= 15 is 0 Å². The molecule has 2 atom stereocenters.